The van der Waals surface area contributed by atoms with E-state index in [9.17, 15) is 4.79 Å². The van der Waals surface area contributed by atoms with Gasteiger partial charge in [-0.2, -0.15) is 24.3 Å². The second-order valence-electron chi connectivity index (χ2n) is 2.90. The van der Waals surface area contributed by atoms with Gasteiger partial charge in [0.15, 0.2) is 0 Å². The van der Waals surface area contributed by atoms with Crippen LogP contribution in [0, 0.1) is 6.07 Å². The number of fused-ring (bicyclic) bond motifs is 1. The molecule has 0 atom stereocenters. The van der Waals surface area contributed by atoms with Crippen molar-refractivity contribution in [1.82, 2.24) is 9.78 Å². The molecular weight excluding hydrogens is 269 g/mol. The maximum absolute atomic E-state index is 11.4. The molecule has 2 aromatic rings. The monoisotopic (exact) mass is 278 g/mol. The largest absolute Gasteiger partial charge is 0.465 e. The number of aromatic nitrogens is 2. The van der Waals surface area contributed by atoms with E-state index in [1.54, 1.807) is 13.1 Å². The number of carbonyl (C=O) groups is 1. The van der Waals surface area contributed by atoms with E-state index in [-0.39, 0.29) is 38.7 Å². The minimum Gasteiger partial charge on any atom is -0.465 e. The van der Waals surface area contributed by atoms with Gasteiger partial charge in [-0.3, -0.25) is 4.68 Å². The Bertz CT molecular complexity index is 493. The van der Waals surface area contributed by atoms with Crippen LogP contribution < -0.4 is 0 Å². The summed E-state index contributed by atoms with van der Waals surface area (Å²) in [5, 5.41) is 4.91. The van der Waals surface area contributed by atoms with Gasteiger partial charge in [-0.25, -0.2) is 9.89 Å². The molecule has 0 aliphatic rings. The minimum atomic E-state index is -0.380. The number of aryl methyl sites for hydroxylation is 1. The molecule has 2 rings (SSSR count). The van der Waals surface area contributed by atoms with Gasteiger partial charge in [-0.05, 0) is 5.52 Å². The summed E-state index contributed by atoms with van der Waals surface area (Å²) in [6.45, 7) is 0. The molecule has 15 heavy (non-hydrogen) atoms. The van der Waals surface area contributed by atoms with E-state index in [1.165, 1.54) is 11.8 Å². The Morgan fingerprint density at radius 3 is 3.00 bits per heavy atom. The van der Waals surface area contributed by atoms with Gasteiger partial charge in [0, 0.05) is 39.8 Å². The number of rotatable bonds is 1. The Kier molecular flexibility index (Phi) is 3.99. The van der Waals surface area contributed by atoms with E-state index >= 15 is 0 Å². The van der Waals surface area contributed by atoms with Crippen LogP contribution in [0.5, 0.6) is 0 Å². The molecule has 1 radical (unpaired) electrons. The van der Waals surface area contributed by atoms with Gasteiger partial charge in [-0.15, -0.1) is 0 Å². The summed E-state index contributed by atoms with van der Waals surface area (Å²) in [6, 6.07) is 8.35. The van der Waals surface area contributed by atoms with E-state index in [0.717, 1.165) is 5.39 Å². The first-order valence-corrected chi connectivity index (χ1v) is 4.15. The Balaban J connectivity index is 0.00000112. The average molecular weight is 278 g/mol. The van der Waals surface area contributed by atoms with Crippen molar-refractivity contribution in [3.05, 3.63) is 30.0 Å². The molecule has 4 nitrogen and oxygen atoms in total. The van der Waals surface area contributed by atoms with Gasteiger partial charge in [0.25, 0.3) is 0 Å². The van der Waals surface area contributed by atoms with Gasteiger partial charge in [0.2, 0.25) is 0 Å². The Morgan fingerprint density at radius 1 is 1.60 bits per heavy atom. The van der Waals surface area contributed by atoms with Crippen LogP contribution in [0.15, 0.2) is 18.2 Å². The predicted molar refractivity (Wildman–Crippen MR) is 50.9 cm³/mol. The molecule has 75 valence electrons. The molecule has 0 saturated carbocycles. The normalized spacial score (nSPS) is 9.73. The molecule has 1 aromatic carbocycles. The fraction of sp³-hybridized carbons (Fsp3) is 0.200. The number of nitrogens with zero attached hydrogens (tertiary/aromatic N) is 2. The fourth-order valence-corrected chi connectivity index (χ4v) is 1.41. The maximum atomic E-state index is 11.4. The van der Waals surface area contributed by atoms with E-state index in [0.29, 0.717) is 11.2 Å². The first-order chi connectivity index (χ1) is 6.74. The zero-order valence-electron chi connectivity index (χ0n) is 8.52. The van der Waals surface area contributed by atoms with Crippen molar-refractivity contribution in [1.29, 1.82) is 0 Å². The zero-order chi connectivity index (χ0) is 10.1. The predicted octanol–water partition coefficient (Wildman–Crippen LogP) is 1.16. The van der Waals surface area contributed by atoms with Crippen molar-refractivity contribution in [2.45, 2.75) is 0 Å². The molecule has 0 aliphatic heterocycles. The topological polar surface area (TPSA) is 44.1 Å². The van der Waals surface area contributed by atoms with Crippen molar-refractivity contribution in [3.8, 4) is 0 Å². The quantitative estimate of drug-likeness (QED) is 0.580. The van der Waals surface area contributed by atoms with Crippen LogP contribution in [0.2, 0.25) is 0 Å². The Labute approximate surface area is 112 Å². The van der Waals surface area contributed by atoms with Gasteiger partial charge >= 0.3 is 5.97 Å². The molecule has 0 unspecified atom stereocenters. The SMILES string of the molecule is COC(=O)c1c2ccc[c-]c2nn1C.[Y]. The molecule has 0 amide bonds. The van der Waals surface area contributed by atoms with Gasteiger partial charge < -0.3 is 4.74 Å². The van der Waals surface area contributed by atoms with Gasteiger partial charge in [0.05, 0.1) is 12.8 Å². The van der Waals surface area contributed by atoms with Crippen LogP contribution in [-0.4, -0.2) is 22.9 Å². The van der Waals surface area contributed by atoms with E-state index < -0.39 is 0 Å². The zero-order valence-corrected chi connectivity index (χ0v) is 11.4. The summed E-state index contributed by atoms with van der Waals surface area (Å²) in [5.41, 5.74) is 1.13. The standard InChI is InChI=1S/C10H9N2O2.Y/c1-12-9(10(13)14-2)7-5-3-4-6-8(7)11-12;/h3-5H,1-2H3;/q-1;. The smallest absolute Gasteiger partial charge is 0.344 e. The summed E-state index contributed by atoms with van der Waals surface area (Å²) < 4.78 is 6.18. The Morgan fingerprint density at radius 2 is 2.33 bits per heavy atom. The minimum absolute atomic E-state index is 0. The number of benzene rings is 1. The van der Waals surface area contributed by atoms with E-state index in [4.69, 9.17) is 0 Å². The van der Waals surface area contributed by atoms with Crippen LogP contribution >= 0.6 is 0 Å². The second-order valence-corrected chi connectivity index (χ2v) is 2.90. The van der Waals surface area contributed by atoms with Crippen molar-refractivity contribution < 1.29 is 42.2 Å². The summed E-state index contributed by atoms with van der Waals surface area (Å²) in [5.74, 6) is -0.380. The van der Waals surface area contributed by atoms with Crippen molar-refractivity contribution in [2.75, 3.05) is 7.11 Å². The van der Waals surface area contributed by atoms with Crippen LogP contribution in [0.3, 0.4) is 0 Å². The van der Waals surface area contributed by atoms with Crippen LogP contribution in [0.25, 0.3) is 10.9 Å². The molecule has 0 spiro atoms. The summed E-state index contributed by atoms with van der Waals surface area (Å²) >= 11 is 0. The third-order valence-corrected chi connectivity index (χ3v) is 2.04. The summed E-state index contributed by atoms with van der Waals surface area (Å²) in [7, 11) is 3.06. The molecule has 1 heterocycles. The number of esters is 1. The summed E-state index contributed by atoms with van der Waals surface area (Å²) in [4.78, 5) is 11.4. The third kappa shape index (κ3) is 2.11. The van der Waals surface area contributed by atoms with Crippen LogP contribution in [0.1, 0.15) is 10.5 Å². The van der Waals surface area contributed by atoms with Crippen molar-refractivity contribution in [3.63, 3.8) is 0 Å². The van der Waals surface area contributed by atoms with E-state index in [2.05, 4.69) is 15.9 Å². The van der Waals surface area contributed by atoms with Crippen LogP contribution in [-0.2, 0) is 44.5 Å². The Hall–Kier alpha value is -0.736. The molecule has 0 N–H and O–H groups in total. The number of carbonyl (C=O) groups excluding carboxylic acids is 1. The number of methoxy groups -OCH3 is 1. The second kappa shape index (κ2) is 4.86. The first kappa shape index (κ1) is 12.3. The number of hydrogen-bond acceptors (Lipinski definition) is 3. The molecule has 0 fully saturated rings. The average Bonchev–Trinajstić information content (AvgIpc) is 2.53. The molecular formula is C10H9N2O2Y-. The molecule has 0 saturated heterocycles. The number of hydrogen-bond donors (Lipinski definition) is 0. The van der Waals surface area contributed by atoms with E-state index in [1.807, 2.05) is 12.1 Å². The third-order valence-electron chi connectivity index (χ3n) is 2.04. The molecule has 0 aliphatic carbocycles. The maximum Gasteiger partial charge on any atom is 0.344 e. The molecule has 5 heteroatoms. The van der Waals surface area contributed by atoms with Gasteiger partial charge in [0.1, 0.15) is 0 Å². The fourth-order valence-electron chi connectivity index (χ4n) is 1.41. The molecule has 1 aromatic heterocycles. The van der Waals surface area contributed by atoms with Gasteiger partial charge in [-0.1, -0.05) is 5.39 Å². The van der Waals surface area contributed by atoms with Crippen LogP contribution in [0.4, 0.5) is 0 Å². The van der Waals surface area contributed by atoms with Crippen molar-refractivity contribution in [2.24, 2.45) is 7.05 Å². The van der Waals surface area contributed by atoms with Crippen molar-refractivity contribution >= 4 is 16.9 Å². The molecule has 0 bridgehead atoms. The number of ether oxygens (including phenoxy) is 1. The first-order valence-electron chi connectivity index (χ1n) is 4.15. The summed E-state index contributed by atoms with van der Waals surface area (Å²) in [6.07, 6.45) is 0.